The van der Waals surface area contributed by atoms with E-state index in [1.807, 2.05) is 4.90 Å². The maximum Gasteiger partial charge on any atom is 0.404 e. The molecule has 5 N–H and O–H groups in total. The van der Waals surface area contributed by atoms with Crippen molar-refractivity contribution in [2.75, 3.05) is 20.3 Å². The van der Waals surface area contributed by atoms with Crippen molar-refractivity contribution >= 4 is 17.7 Å². The second kappa shape index (κ2) is 6.59. The minimum absolute atomic E-state index is 0.00309. The lowest BCUT2D eigenvalue weighted by Gasteiger charge is -2.39. The lowest BCUT2D eigenvalue weighted by molar-refractivity contribution is -0.137. The van der Waals surface area contributed by atoms with Crippen molar-refractivity contribution < 1.29 is 23.9 Å². The van der Waals surface area contributed by atoms with Gasteiger partial charge in [0.25, 0.3) is 0 Å². The van der Waals surface area contributed by atoms with Crippen molar-refractivity contribution in [2.24, 2.45) is 17.4 Å². The minimum atomic E-state index is -0.963. The first-order valence-electron chi connectivity index (χ1n) is 9.71. The first-order valence-corrected chi connectivity index (χ1v) is 9.71. The normalized spacial score (nSPS) is 33.2. The molecule has 0 unspecified atom stereocenters. The van der Waals surface area contributed by atoms with E-state index in [1.165, 1.54) is 0 Å². The quantitative estimate of drug-likeness (QED) is 0.310. The number of amides is 1. The molecule has 2 fully saturated rings. The van der Waals surface area contributed by atoms with Crippen LogP contribution in [0.4, 0.5) is 4.79 Å². The largest absolute Gasteiger partial charge is 0.449 e. The average Bonchev–Trinajstić information content (AvgIpc) is 3.27. The van der Waals surface area contributed by atoms with Gasteiger partial charge in [-0.25, -0.2) is 4.79 Å². The number of nitrogens with two attached hydrogens (primary N) is 2. The number of fused-ring (bicyclic) bond motifs is 4. The molecular weight excluding hydrogens is 364 g/mol. The highest BCUT2D eigenvalue weighted by Gasteiger charge is 2.72. The summed E-state index contributed by atoms with van der Waals surface area (Å²) in [6.07, 6.45) is 2.29. The zero-order valence-electron chi connectivity index (χ0n) is 16.1. The third-order valence-electron chi connectivity index (χ3n) is 6.36. The molecule has 0 bridgehead atoms. The summed E-state index contributed by atoms with van der Waals surface area (Å²) in [5, 5.41) is 3.32. The predicted octanol–water partition coefficient (Wildman–Crippen LogP) is -0.0908. The second-order valence-electron chi connectivity index (χ2n) is 7.77. The first kappa shape index (κ1) is 18.9. The molecule has 9 nitrogen and oxygen atoms in total. The number of unbranched alkanes of at least 4 members (excludes halogenated alkanes) is 2. The van der Waals surface area contributed by atoms with Crippen LogP contribution in [0.25, 0.3) is 0 Å². The molecule has 152 valence electrons. The number of ketones is 2. The molecule has 4 rings (SSSR count). The molecule has 9 heteroatoms. The second-order valence-corrected chi connectivity index (χ2v) is 7.77. The molecule has 0 aromatic rings. The standard InChI is InChI=1S/C19H26N4O5/c1-3-4-5-6-9-13(20)16(25)12-10(8-28-18(21)26)19(27-2)17-11(22-17)7-23(19)14(12)15(9)24/h10-11,17,22H,3-8,20H2,1-2H3,(H2,21,26)/t10-,11+,17+,19-/m1/s1. The number of nitrogens with zero attached hydrogens (tertiary/aromatic N) is 1. The number of hydrogen-bond donors (Lipinski definition) is 3. The van der Waals surface area contributed by atoms with Crippen molar-refractivity contribution in [1.29, 1.82) is 0 Å². The van der Waals surface area contributed by atoms with Crippen LogP contribution in [0.15, 0.2) is 22.5 Å². The van der Waals surface area contributed by atoms with Gasteiger partial charge < -0.3 is 31.2 Å². The molecule has 0 saturated carbocycles. The number of rotatable bonds is 7. The van der Waals surface area contributed by atoms with E-state index in [0.29, 0.717) is 24.2 Å². The highest BCUT2D eigenvalue weighted by molar-refractivity contribution is 6.25. The molecule has 0 aromatic carbocycles. The van der Waals surface area contributed by atoms with Gasteiger partial charge in [0.2, 0.25) is 11.6 Å². The van der Waals surface area contributed by atoms with Crippen LogP contribution in [0.1, 0.15) is 32.6 Å². The Kier molecular flexibility index (Phi) is 4.46. The van der Waals surface area contributed by atoms with Crippen molar-refractivity contribution in [2.45, 2.75) is 50.4 Å². The zero-order chi connectivity index (χ0) is 20.2. The Labute approximate surface area is 163 Å². The van der Waals surface area contributed by atoms with Crippen LogP contribution >= 0.6 is 0 Å². The summed E-state index contributed by atoms with van der Waals surface area (Å²) >= 11 is 0. The molecule has 1 amide bonds. The average molecular weight is 390 g/mol. The molecule has 3 aliphatic heterocycles. The lowest BCUT2D eigenvalue weighted by atomic mass is 9.81. The van der Waals surface area contributed by atoms with E-state index in [9.17, 15) is 14.4 Å². The molecule has 4 atom stereocenters. The number of methoxy groups -OCH3 is 1. The lowest BCUT2D eigenvalue weighted by Crippen LogP contribution is -2.55. The van der Waals surface area contributed by atoms with E-state index in [1.54, 1.807) is 7.11 Å². The van der Waals surface area contributed by atoms with Gasteiger partial charge in [0.1, 0.15) is 6.61 Å². The van der Waals surface area contributed by atoms with Crippen molar-refractivity contribution in [3.05, 3.63) is 22.5 Å². The van der Waals surface area contributed by atoms with Gasteiger partial charge in [0, 0.05) is 30.8 Å². The van der Waals surface area contributed by atoms with E-state index < -0.39 is 17.7 Å². The topological polar surface area (TPSA) is 147 Å². The van der Waals surface area contributed by atoms with Crippen LogP contribution in [-0.4, -0.2) is 60.6 Å². The van der Waals surface area contributed by atoms with Crippen LogP contribution in [0.2, 0.25) is 0 Å². The van der Waals surface area contributed by atoms with E-state index >= 15 is 0 Å². The molecule has 4 aliphatic rings. The van der Waals surface area contributed by atoms with Gasteiger partial charge in [0.15, 0.2) is 5.72 Å². The number of ether oxygens (including phenoxy) is 2. The number of carbonyl (C=O) groups excluding carboxylic acids is 3. The Morgan fingerprint density at radius 1 is 1.32 bits per heavy atom. The number of piperazine rings is 1. The number of carbonyl (C=O) groups is 3. The van der Waals surface area contributed by atoms with Crippen molar-refractivity contribution in [3.8, 4) is 0 Å². The van der Waals surface area contributed by atoms with Gasteiger partial charge in [-0.15, -0.1) is 0 Å². The van der Waals surface area contributed by atoms with Gasteiger partial charge in [0.05, 0.1) is 23.4 Å². The number of hydrogen-bond acceptors (Lipinski definition) is 8. The van der Waals surface area contributed by atoms with Crippen LogP contribution in [0, 0.1) is 5.92 Å². The molecule has 2 saturated heterocycles. The maximum atomic E-state index is 13.4. The number of primary amides is 1. The summed E-state index contributed by atoms with van der Waals surface area (Å²) in [7, 11) is 1.54. The third-order valence-corrected chi connectivity index (χ3v) is 6.36. The van der Waals surface area contributed by atoms with E-state index in [4.69, 9.17) is 20.9 Å². The molecule has 1 aliphatic carbocycles. The smallest absolute Gasteiger partial charge is 0.404 e. The zero-order valence-corrected chi connectivity index (χ0v) is 16.1. The summed E-state index contributed by atoms with van der Waals surface area (Å²) in [6.45, 7) is 2.47. The van der Waals surface area contributed by atoms with Gasteiger partial charge in [-0.05, 0) is 12.8 Å². The van der Waals surface area contributed by atoms with Crippen LogP contribution < -0.4 is 16.8 Å². The van der Waals surface area contributed by atoms with Crippen LogP contribution in [0.3, 0.4) is 0 Å². The molecule has 0 aromatic heterocycles. The summed E-state index contributed by atoms with van der Waals surface area (Å²) in [6, 6.07) is 0.106. The Hall–Kier alpha value is -2.39. The number of Topliss-reactive ketones (excluding diaryl/α,β-unsaturated/α-hetero) is 2. The third kappa shape index (κ3) is 2.42. The van der Waals surface area contributed by atoms with Crippen molar-refractivity contribution in [1.82, 2.24) is 10.2 Å². The minimum Gasteiger partial charge on any atom is -0.449 e. The molecule has 28 heavy (non-hydrogen) atoms. The fraction of sp³-hybridized carbons (Fsp3) is 0.632. The highest BCUT2D eigenvalue weighted by Crippen LogP contribution is 2.55. The molecule has 0 spiro atoms. The monoisotopic (exact) mass is 390 g/mol. The van der Waals surface area contributed by atoms with E-state index in [2.05, 4.69) is 12.2 Å². The van der Waals surface area contributed by atoms with Gasteiger partial charge in [-0.3, -0.25) is 9.59 Å². The van der Waals surface area contributed by atoms with Crippen LogP contribution in [0.5, 0.6) is 0 Å². The van der Waals surface area contributed by atoms with Crippen molar-refractivity contribution in [3.63, 3.8) is 0 Å². The Balaban J connectivity index is 1.74. The SMILES string of the molecule is CCCCCC1=C(N)C(=O)C2=C(C1=O)N1C[C@@H]3N[C@@H]3[C@]1(OC)[C@@H]2COC(N)=O. The summed E-state index contributed by atoms with van der Waals surface area (Å²) in [4.78, 5) is 39.7. The Bertz CT molecular complexity index is 819. The number of nitrogens with one attached hydrogen (secondary N) is 1. The maximum absolute atomic E-state index is 13.4. The summed E-state index contributed by atoms with van der Waals surface area (Å²) in [5.41, 5.74) is 11.3. The fourth-order valence-electron chi connectivity index (χ4n) is 5.04. The molecule has 0 radical (unpaired) electrons. The van der Waals surface area contributed by atoms with E-state index in [0.717, 1.165) is 19.3 Å². The predicted molar refractivity (Wildman–Crippen MR) is 98.6 cm³/mol. The van der Waals surface area contributed by atoms with Crippen LogP contribution in [-0.2, 0) is 19.1 Å². The van der Waals surface area contributed by atoms with Gasteiger partial charge >= 0.3 is 6.09 Å². The number of allylic oxidation sites excluding steroid dienone is 2. The van der Waals surface area contributed by atoms with E-state index in [-0.39, 0.29) is 41.5 Å². The summed E-state index contributed by atoms with van der Waals surface area (Å²) in [5.74, 6) is -1.23. The van der Waals surface area contributed by atoms with Gasteiger partial charge in [-0.2, -0.15) is 0 Å². The first-order chi connectivity index (χ1) is 13.4. The highest BCUT2D eigenvalue weighted by atomic mass is 16.6. The Morgan fingerprint density at radius 3 is 2.71 bits per heavy atom. The molecule has 3 heterocycles. The Morgan fingerprint density at radius 2 is 2.07 bits per heavy atom. The molecular formula is C19H26N4O5. The summed E-state index contributed by atoms with van der Waals surface area (Å²) < 4.78 is 11.0. The van der Waals surface area contributed by atoms with Gasteiger partial charge in [-0.1, -0.05) is 19.8 Å². The fourth-order valence-corrected chi connectivity index (χ4v) is 5.04.